The zero-order valence-electron chi connectivity index (χ0n) is 11.9. The molecule has 0 aliphatic heterocycles. The molecule has 1 N–H and O–H groups in total. The van der Waals surface area contributed by atoms with Gasteiger partial charge in [-0.1, -0.05) is 6.92 Å². The third kappa shape index (κ3) is 2.42. The van der Waals surface area contributed by atoms with E-state index in [0.717, 1.165) is 35.2 Å². The van der Waals surface area contributed by atoms with E-state index < -0.39 is 0 Å². The number of ether oxygens (including phenoxy) is 1. The van der Waals surface area contributed by atoms with Crippen LogP contribution >= 0.6 is 0 Å². The van der Waals surface area contributed by atoms with Crippen LogP contribution in [0.4, 0.5) is 10.1 Å². The number of methoxy groups -OCH3 is 1. The Labute approximate surface area is 118 Å². The summed E-state index contributed by atoms with van der Waals surface area (Å²) in [4.78, 5) is 4.69. The molecule has 1 heterocycles. The van der Waals surface area contributed by atoms with E-state index >= 15 is 0 Å². The van der Waals surface area contributed by atoms with E-state index in [4.69, 9.17) is 4.74 Å². The molecule has 0 spiro atoms. The second-order valence-corrected chi connectivity index (χ2v) is 5.30. The lowest BCUT2D eigenvalue weighted by Gasteiger charge is -2.13. The number of hydrogen-bond donors (Lipinski definition) is 1. The lowest BCUT2D eigenvalue weighted by Crippen LogP contribution is -2.03. The summed E-state index contributed by atoms with van der Waals surface area (Å²) in [5, 5.41) is 4.17. The minimum atomic E-state index is -0.296. The predicted octanol–water partition coefficient (Wildman–Crippen LogP) is 4.08. The van der Waals surface area contributed by atoms with Crippen molar-refractivity contribution in [3.05, 3.63) is 29.7 Å². The summed E-state index contributed by atoms with van der Waals surface area (Å²) in [6.45, 7) is 2.97. The van der Waals surface area contributed by atoms with Crippen LogP contribution in [0, 0.1) is 5.82 Å². The van der Waals surface area contributed by atoms with Crippen molar-refractivity contribution in [2.45, 2.75) is 32.1 Å². The van der Waals surface area contributed by atoms with Crippen LogP contribution in [0.3, 0.4) is 0 Å². The average molecular weight is 274 g/mol. The van der Waals surface area contributed by atoms with Crippen LogP contribution in [0.15, 0.2) is 18.2 Å². The zero-order valence-corrected chi connectivity index (χ0v) is 11.9. The van der Waals surface area contributed by atoms with E-state index in [1.807, 2.05) is 0 Å². The number of nitrogens with one attached hydrogen (secondary N) is 1. The summed E-state index contributed by atoms with van der Waals surface area (Å²) >= 11 is 0. The monoisotopic (exact) mass is 274 g/mol. The number of aromatic nitrogens is 1. The van der Waals surface area contributed by atoms with Crippen LogP contribution in [-0.4, -0.2) is 18.6 Å². The quantitative estimate of drug-likeness (QED) is 0.892. The van der Waals surface area contributed by atoms with Crippen molar-refractivity contribution >= 4 is 16.6 Å². The first-order valence-corrected chi connectivity index (χ1v) is 7.15. The zero-order chi connectivity index (χ0) is 14.1. The number of hydrogen-bond acceptors (Lipinski definition) is 3. The highest BCUT2D eigenvalue weighted by molar-refractivity contribution is 5.95. The molecule has 1 aliphatic rings. The Hall–Kier alpha value is -1.84. The van der Waals surface area contributed by atoms with Gasteiger partial charge in [0.05, 0.1) is 7.11 Å². The van der Waals surface area contributed by atoms with Crippen molar-refractivity contribution < 1.29 is 9.13 Å². The number of rotatable bonds is 5. The highest BCUT2D eigenvalue weighted by atomic mass is 19.1. The van der Waals surface area contributed by atoms with E-state index in [1.54, 1.807) is 7.11 Å². The molecule has 0 bridgehead atoms. The number of pyridine rings is 1. The Balaban J connectivity index is 2.19. The number of anilines is 1. The van der Waals surface area contributed by atoms with Gasteiger partial charge in [0.1, 0.15) is 17.1 Å². The smallest absolute Gasteiger partial charge is 0.148 e. The van der Waals surface area contributed by atoms with Gasteiger partial charge in [-0.25, -0.2) is 9.37 Å². The van der Waals surface area contributed by atoms with E-state index in [9.17, 15) is 4.39 Å². The van der Waals surface area contributed by atoms with Gasteiger partial charge in [-0.3, -0.25) is 0 Å². The van der Waals surface area contributed by atoms with Gasteiger partial charge in [-0.15, -0.1) is 0 Å². The van der Waals surface area contributed by atoms with Crippen LogP contribution in [0.1, 0.15) is 37.8 Å². The molecule has 1 aromatic heterocycles. The Morgan fingerprint density at radius 3 is 2.80 bits per heavy atom. The van der Waals surface area contributed by atoms with Crippen LogP contribution in [0.25, 0.3) is 10.9 Å². The molecule has 1 saturated carbocycles. The molecule has 0 unspecified atom stereocenters. The first-order chi connectivity index (χ1) is 9.72. The van der Waals surface area contributed by atoms with E-state index in [2.05, 4.69) is 23.3 Å². The molecule has 20 heavy (non-hydrogen) atoms. The molecular formula is C16H19FN2O. The Kier molecular flexibility index (Phi) is 3.47. The Bertz CT molecular complexity index is 638. The fourth-order valence-electron chi connectivity index (χ4n) is 2.43. The standard InChI is InChI=1S/C16H19FN2O/c1-3-6-18-14-9-13(10-4-5-10)19-16-12(14)7-11(17)8-15(16)20-2/h7-10H,3-6H2,1-2H3,(H,18,19). The second kappa shape index (κ2) is 5.27. The van der Waals surface area contributed by atoms with Gasteiger partial charge in [-0.05, 0) is 31.4 Å². The molecule has 0 radical (unpaired) electrons. The molecule has 3 rings (SSSR count). The lowest BCUT2D eigenvalue weighted by atomic mass is 10.1. The second-order valence-electron chi connectivity index (χ2n) is 5.30. The molecule has 1 fully saturated rings. The van der Waals surface area contributed by atoms with E-state index in [0.29, 0.717) is 11.7 Å². The molecular weight excluding hydrogens is 255 g/mol. The topological polar surface area (TPSA) is 34.2 Å². The summed E-state index contributed by atoms with van der Waals surface area (Å²) in [5.41, 5.74) is 2.79. The van der Waals surface area contributed by atoms with E-state index in [-0.39, 0.29) is 5.82 Å². The molecule has 0 amide bonds. The van der Waals surface area contributed by atoms with Crippen molar-refractivity contribution in [2.75, 3.05) is 19.0 Å². The highest BCUT2D eigenvalue weighted by Gasteiger charge is 2.26. The predicted molar refractivity (Wildman–Crippen MR) is 79.0 cm³/mol. The van der Waals surface area contributed by atoms with Crippen molar-refractivity contribution in [3.63, 3.8) is 0 Å². The van der Waals surface area contributed by atoms with Crippen molar-refractivity contribution in [2.24, 2.45) is 0 Å². The third-order valence-electron chi connectivity index (χ3n) is 3.64. The fourth-order valence-corrected chi connectivity index (χ4v) is 2.43. The largest absolute Gasteiger partial charge is 0.494 e. The molecule has 3 nitrogen and oxygen atoms in total. The van der Waals surface area contributed by atoms with Gasteiger partial charge in [0, 0.05) is 35.3 Å². The molecule has 4 heteroatoms. The summed E-state index contributed by atoms with van der Waals surface area (Å²) in [5.74, 6) is 0.758. The van der Waals surface area contributed by atoms with Gasteiger partial charge in [0.2, 0.25) is 0 Å². The number of benzene rings is 1. The Morgan fingerprint density at radius 1 is 1.35 bits per heavy atom. The molecule has 1 aliphatic carbocycles. The van der Waals surface area contributed by atoms with Gasteiger partial charge < -0.3 is 10.1 Å². The van der Waals surface area contributed by atoms with Crippen LogP contribution in [-0.2, 0) is 0 Å². The number of halogens is 1. The number of nitrogens with zero attached hydrogens (tertiary/aromatic N) is 1. The first-order valence-electron chi connectivity index (χ1n) is 7.15. The SMILES string of the molecule is CCCNc1cc(C2CC2)nc2c(OC)cc(F)cc12. The van der Waals surface area contributed by atoms with Crippen molar-refractivity contribution in [3.8, 4) is 5.75 Å². The molecule has 106 valence electrons. The first kappa shape index (κ1) is 13.2. The minimum absolute atomic E-state index is 0.296. The van der Waals surface area contributed by atoms with Crippen molar-refractivity contribution in [1.29, 1.82) is 0 Å². The van der Waals surface area contributed by atoms with Crippen molar-refractivity contribution in [1.82, 2.24) is 4.98 Å². The summed E-state index contributed by atoms with van der Waals surface area (Å²) in [6, 6.07) is 4.99. The highest BCUT2D eigenvalue weighted by Crippen LogP contribution is 2.42. The summed E-state index contributed by atoms with van der Waals surface area (Å²) in [7, 11) is 1.55. The Morgan fingerprint density at radius 2 is 2.15 bits per heavy atom. The van der Waals surface area contributed by atoms with Crippen LogP contribution < -0.4 is 10.1 Å². The maximum Gasteiger partial charge on any atom is 0.148 e. The normalized spacial score (nSPS) is 14.6. The molecule has 0 atom stereocenters. The minimum Gasteiger partial charge on any atom is -0.494 e. The van der Waals surface area contributed by atoms with Gasteiger partial charge in [0.25, 0.3) is 0 Å². The van der Waals surface area contributed by atoms with Gasteiger partial charge >= 0.3 is 0 Å². The third-order valence-corrected chi connectivity index (χ3v) is 3.64. The molecule has 0 saturated heterocycles. The fraction of sp³-hybridized carbons (Fsp3) is 0.438. The van der Waals surface area contributed by atoms with Crippen LogP contribution in [0.2, 0.25) is 0 Å². The molecule has 1 aromatic carbocycles. The van der Waals surface area contributed by atoms with Crippen LogP contribution in [0.5, 0.6) is 5.75 Å². The number of fused-ring (bicyclic) bond motifs is 1. The summed E-state index contributed by atoms with van der Waals surface area (Å²) < 4.78 is 19.0. The van der Waals surface area contributed by atoms with Gasteiger partial charge in [0.15, 0.2) is 0 Å². The maximum absolute atomic E-state index is 13.7. The molecule has 2 aromatic rings. The lowest BCUT2D eigenvalue weighted by molar-refractivity contribution is 0.415. The van der Waals surface area contributed by atoms with E-state index in [1.165, 1.54) is 25.0 Å². The maximum atomic E-state index is 13.7. The average Bonchev–Trinajstić information content (AvgIpc) is 3.28. The summed E-state index contributed by atoms with van der Waals surface area (Å²) in [6.07, 6.45) is 3.40. The van der Waals surface area contributed by atoms with Gasteiger partial charge in [-0.2, -0.15) is 0 Å².